The Labute approximate surface area is 156 Å². The van der Waals surface area contributed by atoms with E-state index < -0.39 is 73.0 Å². The van der Waals surface area contributed by atoms with Crippen molar-refractivity contribution in [2.24, 2.45) is 0 Å². The zero-order valence-corrected chi connectivity index (χ0v) is 15.5. The van der Waals surface area contributed by atoms with Crippen molar-refractivity contribution < 1.29 is 54.4 Å². The molecule has 27 heavy (non-hydrogen) atoms. The molecule has 0 amide bonds. The Morgan fingerprint density at radius 3 is 1.96 bits per heavy atom. The van der Waals surface area contributed by atoms with E-state index in [1.165, 1.54) is 0 Å². The molecule has 2 fully saturated rings. The van der Waals surface area contributed by atoms with Crippen molar-refractivity contribution in [3.8, 4) is 0 Å². The highest BCUT2D eigenvalue weighted by Gasteiger charge is 2.52. The van der Waals surface area contributed by atoms with Gasteiger partial charge in [0.1, 0.15) is 36.6 Å². The molecule has 2 aliphatic heterocycles. The number of carboxylic acids is 1. The number of aliphatic hydroxyl groups is 5. The molecule has 10 unspecified atom stereocenters. The highest BCUT2D eigenvalue weighted by atomic mass is 16.7. The number of hydrogen-bond acceptors (Lipinski definition) is 10. The third-order valence-electron chi connectivity index (χ3n) is 4.36. The molecule has 2 heterocycles. The molecular weight excluding hydrogens is 368 g/mol. The average molecular weight is 396 g/mol. The number of ether oxygens (including phenoxy) is 4. The summed E-state index contributed by atoms with van der Waals surface area (Å²) in [6.07, 6.45) is -15.3. The molecule has 11 heteroatoms. The summed E-state index contributed by atoms with van der Waals surface area (Å²) in [7, 11) is 0. The van der Waals surface area contributed by atoms with Crippen LogP contribution in [-0.2, 0) is 23.7 Å². The van der Waals surface area contributed by atoms with Gasteiger partial charge in [-0.2, -0.15) is 0 Å². The fraction of sp³-hybridized carbons (Fsp3) is 0.938. The van der Waals surface area contributed by atoms with E-state index in [0.29, 0.717) is 0 Å². The predicted octanol–water partition coefficient (Wildman–Crippen LogP) is -2.45. The zero-order valence-electron chi connectivity index (χ0n) is 15.5. The largest absolute Gasteiger partial charge is 0.479 e. The molecule has 2 rings (SSSR count). The first-order valence-electron chi connectivity index (χ1n) is 8.61. The fourth-order valence-electron chi connectivity index (χ4n) is 3.04. The lowest BCUT2D eigenvalue weighted by atomic mass is 9.96. The molecule has 2 aliphatic rings. The van der Waals surface area contributed by atoms with Crippen molar-refractivity contribution in [1.29, 1.82) is 0 Å². The van der Waals surface area contributed by atoms with Crippen molar-refractivity contribution >= 4 is 5.97 Å². The van der Waals surface area contributed by atoms with Crippen LogP contribution >= 0.6 is 0 Å². The Kier molecular flexibility index (Phi) is 6.83. The molecule has 0 bridgehead atoms. The van der Waals surface area contributed by atoms with Gasteiger partial charge in [-0.15, -0.1) is 0 Å². The SMILES string of the molecule is CC1OC(OC2C(C(=O)O)OC(O)C(O)C2O)C(O)C(O)C1OC(C)(C)C. The minimum Gasteiger partial charge on any atom is -0.479 e. The normalized spacial score (nSPS) is 46.3. The number of carbonyl (C=O) groups is 1. The molecule has 158 valence electrons. The van der Waals surface area contributed by atoms with Crippen LogP contribution in [0.5, 0.6) is 0 Å². The molecule has 2 saturated heterocycles. The first-order chi connectivity index (χ1) is 12.3. The Morgan fingerprint density at radius 2 is 1.44 bits per heavy atom. The Balaban J connectivity index is 2.15. The summed E-state index contributed by atoms with van der Waals surface area (Å²) in [4.78, 5) is 11.3. The fourth-order valence-corrected chi connectivity index (χ4v) is 3.04. The van der Waals surface area contributed by atoms with Crippen LogP contribution in [0.15, 0.2) is 0 Å². The van der Waals surface area contributed by atoms with Crippen molar-refractivity contribution in [2.75, 3.05) is 0 Å². The van der Waals surface area contributed by atoms with Crippen LogP contribution < -0.4 is 0 Å². The summed E-state index contributed by atoms with van der Waals surface area (Å²) in [5.41, 5.74) is -0.626. The molecule has 0 radical (unpaired) electrons. The average Bonchev–Trinajstić information content (AvgIpc) is 2.55. The van der Waals surface area contributed by atoms with E-state index in [4.69, 9.17) is 18.9 Å². The standard InChI is InChI=1S/C16H28O11/c1-5-10(27-16(2,3)4)7(18)9(20)15(24-5)26-11-6(17)8(19)14(23)25-12(11)13(21)22/h5-12,14-15,17-20,23H,1-4H3,(H,21,22). The molecule has 0 aliphatic carbocycles. The minimum absolute atomic E-state index is 0.626. The quantitative estimate of drug-likeness (QED) is 0.297. The summed E-state index contributed by atoms with van der Waals surface area (Å²) < 4.78 is 21.3. The summed E-state index contributed by atoms with van der Waals surface area (Å²) in [5.74, 6) is -1.56. The number of aliphatic hydroxyl groups excluding tert-OH is 5. The first-order valence-corrected chi connectivity index (χ1v) is 8.61. The van der Waals surface area contributed by atoms with E-state index in [2.05, 4.69) is 0 Å². The van der Waals surface area contributed by atoms with Crippen LogP contribution in [0.1, 0.15) is 27.7 Å². The lowest BCUT2D eigenvalue weighted by Gasteiger charge is -2.46. The number of hydrogen-bond donors (Lipinski definition) is 6. The first kappa shape index (κ1) is 22.4. The van der Waals surface area contributed by atoms with E-state index in [0.717, 1.165) is 0 Å². The van der Waals surface area contributed by atoms with E-state index in [1.54, 1.807) is 27.7 Å². The van der Waals surface area contributed by atoms with Gasteiger partial charge in [0.15, 0.2) is 18.7 Å². The van der Waals surface area contributed by atoms with Crippen LogP contribution in [0.25, 0.3) is 0 Å². The molecule has 6 N–H and O–H groups in total. The van der Waals surface area contributed by atoms with Gasteiger partial charge in [0, 0.05) is 0 Å². The zero-order chi connectivity index (χ0) is 20.7. The summed E-state index contributed by atoms with van der Waals surface area (Å²) in [6.45, 7) is 6.87. The van der Waals surface area contributed by atoms with Gasteiger partial charge in [-0.25, -0.2) is 4.79 Å². The minimum atomic E-state index is -1.92. The van der Waals surface area contributed by atoms with Crippen LogP contribution in [0.3, 0.4) is 0 Å². The number of rotatable bonds is 4. The van der Waals surface area contributed by atoms with Gasteiger partial charge < -0.3 is 49.6 Å². The van der Waals surface area contributed by atoms with Gasteiger partial charge in [-0.05, 0) is 27.7 Å². The number of carboxylic acid groups (broad SMARTS) is 1. The predicted molar refractivity (Wildman–Crippen MR) is 86.4 cm³/mol. The van der Waals surface area contributed by atoms with Crippen molar-refractivity contribution in [1.82, 2.24) is 0 Å². The van der Waals surface area contributed by atoms with Crippen molar-refractivity contribution in [3.63, 3.8) is 0 Å². The van der Waals surface area contributed by atoms with E-state index in [9.17, 15) is 35.4 Å². The molecule has 0 aromatic heterocycles. The maximum absolute atomic E-state index is 11.3. The second-order valence-electron chi connectivity index (χ2n) is 7.75. The Hall–Kier alpha value is -0.890. The number of aliphatic carboxylic acids is 1. The maximum atomic E-state index is 11.3. The van der Waals surface area contributed by atoms with Gasteiger partial charge in [0.05, 0.1) is 11.7 Å². The van der Waals surface area contributed by atoms with E-state index in [1.807, 2.05) is 0 Å². The molecule has 0 saturated carbocycles. The topological polar surface area (TPSA) is 175 Å². The molecule has 10 atom stereocenters. The summed E-state index contributed by atoms with van der Waals surface area (Å²) >= 11 is 0. The van der Waals surface area contributed by atoms with Crippen LogP contribution in [0, 0.1) is 0 Å². The highest BCUT2D eigenvalue weighted by molar-refractivity contribution is 5.73. The maximum Gasteiger partial charge on any atom is 0.335 e. The van der Waals surface area contributed by atoms with Gasteiger partial charge in [-0.3, -0.25) is 0 Å². The molecule has 11 nitrogen and oxygen atoms in total. The molecular formula is C16H28O11. The smallest absolute Gasteiger partial charge is 0.335 e. The molecule has 0 spiro atoms. The monoisotopic (exact) mass is 396 g/mol. The molecule has 0 aromatic rings. The third kappa shape index (κ3) is 4.94. The Bertz CT molecular complexity index is 521. The summed E-state index contributed by atoms with van der Waals surface area (Å²) in [6, 6.07) is 0. The third-order valence-corrected chi connectivity index (χ3v) is 4.36. The Morgan fingerprint density at radius 1 is 0.889 bits per heavy atom. The lowest BCUT2D eigenvalue weighted by molar-refractivity contribution is -0.353. The van der Waals surface area contributed by atoms with Crippen LogP contribution in [-0.4, -0.2) is 104 Å². The van der Waals surface area contributed by atoms with Crippen molar-refractivity contribution in [3.05, 3.63) is 0 Å². The second-order valence-corrected chi connectivity index (χ2v) is 7.75. The van der Waals surface area contributed by atoms with Crippen LogP contribution in [0.4, 0.5) is 0 Å². The van der Waals surface area contributed by atoms with E-state index in [-0.39, 0.29) is 0 Å². The van der Waals surface area contributed by atoms with Crippen molar-refractivity contribution in [2.45, 2.75) is 94.7 Å². The highest BCUT2D eigenvalue weighted by Crippen LogP contribution is 2.31. The second kappa shape index (κ2) is 8.23. The molecule has 0 aromatic carbocycles. The van der Waals surface area contributed by atoms with Gasteiger partial charge in [-0.1, -0.05) is 0 Å². The summed E-state index contributed by atoms with van der Waals surface area (Å²) in [5, 5.41) is 59.2. The van der Waals surface area contributed by atoms with Gasteiger partial charge >= 0.3 is 5.97 Å². The van der Waals surface area contributed by atoms with Crippen LogP contribution in [0.2, 0.25) is 0 Å². The van der Waals surface area contributed by atoms with Gasteiger partial charge in [0.2, 0.25) is 0 Å². The van der Waals surface area contributed by atoms with E-state index >= 15 is 0 Å². The van der Waals surface area contributed by atoms with Gasteiger partial charge in [0.25, 0.3) is 0 Å². The lowest BCUT2D eigenvalue weighted by Crippen LogP contribution is -2.65.